The van der Waals surface area contributed by atoms with E-state index in [-0.39, 0.29) is 11.8 Å². The summed E-state index contributed by atoms with van der Waals surface area (Å²) in [5.41, 5.74) is 3.97. The fourth-order valence-electron chi connectivity index (χ4n) is 5.72. The highest BCUT2D eigenvalue weighted by Gasteiger charge is 2.31. The van der Waals surface area contributed by atoms with E-state index >= 15 is 0 Å². The summed E-state index contributed by atoms with van der Waals surface area (Å²) >= 11 is 0. The Balaban J connectivity index is 1.11. The molecule has 1 aromatic carbocycles. The SMILES string of the molecule is Cc1cc(Nc2ncnc3cc4c(nc23)N2CCN(C(=O)/C=C/CN(C)C)CC(CO4)C2)ccc1Oc1ccn2ccnc2c1. The van der Waals surface area contributed by atoms with Crippen molar-refractivity contribution in [2.24, 2.45) is 5.92 Å². The van der Waals surface area contributed by atoms with Crippen molar-refractivity contribution in [1.82, 2.24) is 34.1 Å². The zero-order chi connectivity index (χ0) is 30.9. The third kappa shape index (κ3) is 6.09. The molecule has 7 rings (SSSR count). The zero-order valence-electron chi connectivity index (χ0n) is 25.6. The number of likely N-dealkylation sites (N-methyl/N-ethyl adjacent to an activating group) is 1. The number of carbonyl (C=O) groups excluding carboxylic acids is 1. The van der Waals surface area contributed by atoms with Crippen LogP contribution in [0.4, 0.5) is 17.3 Å². The van der Waals surface area contributed by atoms with Crippen molar-refractivity contribution < 1.29 is 14.3 Å². The third-order valence-corrected chi connectivity index (χ3v) is 8.01. The normalized spacial score (nSPS) is 16.5. The first kappa shape index (κ1) is 28.5. The summed E-state index contributed by atoms with van der Waals surface area (Å²) < 4.78 is 14.4. The summed E-state index contributed by atoms with van der Waals surface area (Å²) in [6.45, 7) is 5.89. The number of carbonyl (C=O) groups is 1. The summed E-state index contributed by atoms with van der Waals surface area (Å²) in [5.74, 6) is 3.70. The molecule has 0 saturated carbocycles. The van der Waals surface area contributed by atoms with E-state index < -0.39 is 0 Å². The van der Waals surface area contributed by atoms with E-state index in [0.29, 0.717) is 48.8 Å². The number of aromatic nitrogens is 5. The molecule has 1 fully saturated rings. The number of nitrogens with one attached hydrogen (secondary N) is 1. The number of amides is 1. The van der Waals surface area contributed by atoms with Gasteiger partial charge >= 0.3 is 0 Å². The number of pyridine rings is 2. The number of hydrogen-bond acceptors (Lipinski definition) is 10. The molecular formula is C33H35N9O3. The van der Waals surface area contributed by atoms with Gasteiger partial charge < -0.3 is 33.9 Å². The smallest absolute Gasteiger partial charge is 0.246 e. The van der Waals surface area contributed by atoms with Crippen LogP contribution in [-0.4, -0.2) is 93.5 Å². The molecule has 1 amide bonds. The van der Waals surface area contributed by atoms with Gasteiger partial charge in [0.05, 0.1) is 12.1 Å². The van der Waals surface area contributed by atoms with E-state index in [1.807, 2.05) is 90.1 Å². The summed E-state index contributed by atoms with van der Waals surface area (Å²) in [4.78, 5) is 37.5. The maximum Gasteiger partial charge on any atom is 0.246 e. The van der Waals surface area contributed by atoms with Gasteiger partial charge in [0.25, 0.3) is 0 Å². The molecular weight excluding hydrogens is 570 g/mol. The van der Waals surface area contributed by atoms with Crippen molar-refractivity contribution in [3.8, 4) is 17.2 Å². The van der Waals surface area contributed by atoms with Gasteiger partial charge in [0, 0.05) is 81.1 Å². The van der Waals surface area contributed by atoms with Crippen LogP contribution < -0.4 is 19.7 Å². The number of nitrogens with zero attached hydrogens (tertiary/aromatic N) is 8. The molecule has 6 heterocycles. The van der Waals surface area contributed by atoms with Gasteiger partial charge in [0.2, 0.25) is 5.91 Å². The fourth-order valence-corrected chi connectivity index (χ4v) is 5.72. The Morgan fingerprint density at radius 1 is 1.11 bits per heavy atom. The molecule has 12 heteroatoms. The lowest BCUT2D eigenvalue weighted by molar-refractivity contribution is -0.126. The fraction of sp³-hybridized carbons (Fsp3) is 0.303. The molecule has 230 valence electrons. The Hall–Kier alpha value is -5.23. The molecule has 12 nitrogen and oxygen atoms in total. The first-order valence-corrected chi connectivity index (χ1v) is 15.0. The second-order valence-electron chi connectivity index (χ2n) is 11.7. The highest BCUT2D eigenvalue weighted by atomic mass is 16.5. The average Bonchev–Trinajstić information content (AvgIpc) is 3.30. The molecule has 0 spiro atoms. The number of imidazole rings is 1. The largest absolute Gasteiger partial charge is 0.489 e. The van der Waals surface area contributed by atoms with Crippen molar-refractivity contribution in [1.29, 1.82) is 0 Å². The van der Waals surface area contributed by atoms with E-state index in [2.05, 4.69) is 25.2 Å². The quantitative estimate of drug-likeness (QED) is 0.270. The number of ether oxygens (including phenoxy) is 2. The minimum absolute atomic E-state index is 0.0293. The second-order valence-corrected chi connectivity index (χ2v) is 11.7. The van der Waals surface area contributed by atoms with Crippen LogP contribution >= 0.6 is 0 Å². The summed E-state index contributed by atoms with van der Waals surface area (Å²) in [6.07, 6.45) is 10.7. The van der Waals surface area contributed by atoms with Crippen molar-refractivity contribution >= 4 is 39.9 Å². The van der Waals surface area contributed by atoms with Crippen LogP contribution in [0.15, 0.2) is 73.5 Å². The van der Waals surface area contributed by atoms with Gasteiger partial charge in [-0.3, -0.25) is 4.79 Å². The predicted molar refractivity (Wildman–Crippen MR) is 173 cm³/mol. The van der Waals surface area contributed by atoms with Crippen LogP contribution in [0.25, 0.3) is 16.7 Å². The minimum Gasteiger partial charge on any atom is -0.489 e. The summed E-state index contributed by atoms with van der Waals surface area (Å²) in [6, 6.07) is 11.7. The van der Waals surface area contributed by atoms with Crippen molar-refractivity contribution in [2.45, 2.75) is 6.92 Å². The Labute approximate surface area is 260 Å². The molecule has 5 aromatic rings. The molecule has 1 N–H and O–H groups in total. The average molecular weight is 606 g/mol. The van der Waals surface area contributed by atoms with Crippen LogP contribution in [0.2, 0.25) is 0 Å². The minimum atomic E-state index is 0.0293. The molecule has 1 saturated heterocycles. The highest BCUT2D eigenvalue weighted by Crippen LogP contribution is 2.36. The van der Waals surface area contributed by atoms with E-state index in [1.165, 1.54) is 6.33 Å². The number of benzene rings is 1. The van der Waals surface area contributed by atoms with E-state index in [4.69, 9.17) is 14.5 Å². The zero-order valence-corrected chi connectivity index (χ0v) is 25.6. The Morgan fingerprint density at radius 3 is 2.89 bits per heavy atom. The van der Waals surface area contributed by atoms with Gasteiger partial charge in [-0.15, -0.1) is 0 Å². The molecule has 0 aliphatic carbocycles. The maximum absolute atomic E-state index is 12.9. The van der Waals surface area contributed by atoms with Gasteiger partial charge in [-0.2, -0.15) is 0 Å². The molecule has 2 bridgehead atoms. The van der Waals surface area contributed by atoms with Gasteiger partial charge in [0.1, 0.15) is 29.0 Å². The number of anilines is 3. The Bertz CT molecular complexity index is 1900. The Morgan fingerprint density at radius 2 is 2.02 bits per heavy atom. The number of hydrogen-bond donors (Lipinski definition) is 1. The summed E-state index contributed by atoms with van der Waals surface area (Å²) in [7, 11) is 3.96. The van der Waals surface area contributed by atoms with Gasteiger partial charge in [-0.1, -0.05) is 6.08 Å². The van der Waals surface area contributed by atoms with Crippen molar-refractivity contribution in [3.05, 3.63) is 79.0 Å². The molecule has 45 heavy (non-hydrogen) atoms. The third-order valence-electron chi connectivity index (χ3n) is 8.01. The van der Waals surface area contributed by atoms with Crippen LogP contribution in [0.3, 0.4) is 0 Å². The van der Waals surface area contributed by atoms with Gasteiger partial charge in [-0.25, -0.2) is 19.9 Å². The van der Waals surface area contributed by atoms with Crippen LogP contribution in [-0.2, 0) is 4.79 Å². The standard InChI is InChI=1S/C33H35N9O3/c1-22-15-24(6-7-27(22)45-25-8-11-40-12-9-34-29(40)16-25)37-32-31-26(35-21-36-32)17-28-33(38-31)42-14-13-41(18-23(19-42)20-44-28)30(43)5-4-10-39(2)3/h4-9,11-12,15-17,21,23H,10,13-14,18-20H2,1-3H3,(H,35,36,37)/b5-4+. The molecule has 0 radical (unpaired) electrons. The number of fused-ring (bicyclic) bond motifs is 6. The van der Waals surface area contributed by atoms with E-state index in [0.717, 1.165) is 47.3 Å². The number of aryl methyl sites for hydroxylation is 1. The Kier molecular flexibility index (Phi) is 7.64. The highest BCUT2D eigenvalue weighted by molar-refractivity contribution is 5.90. The van der Waals surface area contributed by atoms with Crippen molar-refractivity contribution in [2.75, 3.05) is 63.6 Å². The lowest BCUT2D eigenvalue weighted by Crippen LogP contribution is -2.36. The van der Waals surface area contributed by atoms with Crippen LogP contribution in [0, 0.1) is 12.8 Å². The van der Waals surface area contributed by atoms with Crippen LogP contribution in [0.1, 0.15) is 5.56 Å². The summed E-state index contributed by atoms with van der Waals surface area (Å²) in [5, 5.41) is 3.43. The molecule has 1 atom stereocenters. The monoisotopic (exact) mass is 605 g/mol. The molecule has 2 aliphatic rings. The van der Waals surface area contributed by atoms with Gasteiger partial charge in [0.15, 0.2) is 17.4 Å². The molecule has 4 aromatic heterocycles. The lowest BCUT2D eigenvalue weighted by Gasteiger charge is -2.24. The number of rotatable bonds is 7. The lowest BCUT2D eigenvalue weighted by atomic mass is 10.1. The first-order chi connectivity index (χ1) is 21.9. The van der Waals surface area contributed by atoms with Gasteiger partial charge in [-0.05, 0) is 50.8 Å². The van der Waals surface area contributed by atoms with E-state index in [1.54, 1.807) is 12.3 Å². The van der Waals surface area contributed by atoms with Crippen LogP contribution in [0.5, 0.6) is 17.2 Å². The van der Waals surface area contributed by atoms with Crippen molar-refractivity contribution in [3.63, 3.8) is 0 Å². The first-order valence-electron chi connectivity index (χ1n) is 15.0. The molecule has 1 unspecified atom stereocenters. The topological polar surface area (TPSA) is 113 Å². The molecule has 2 aliphatic heterocycles. The second kappa shape index (κ2) is 12.0. The van der Waals surface area contributed by atoms with E-state index in [9.17, 15) is 4.79 Å². The maximum atomic E-state index is 12.9. The predicted octanol–water partition coefficient (Wildman–Crippen LogP) is 4.29.